The molecule has 1 unspecified atom stereocenters. The molecule has 7 nitrogen and oxygen atoms in total. The van der Waals surface area contributed by atoms with Crippen molar-refractivity contribution < 1.29 is 19.4 Å². The third-order valence-corrected chi connectivity index (χ3v) is 5.65. The molecule has 3 aromatic rings. The Morgan fingerprint density at radius 3 is 2.65 bits per heavy atom. The number of benzene rings is 3. The number of amides is 1. The second-order valence-electron chi connectivity index (χ2n) is 7.54. The van der Waals surface area contributed by atoms with E-state index >= 15 is 0 Å². The number of fused-ring (bicyclic) bond motifs is 2. The predicted molar refractivity (Wildman–Crippen MR) is 119 cm³/mol. The lowest BCUT2D eigenvalue weighted by molar-refractivity contribution is 0.0975. The average Bonchev–Trinajstić information content (AvgIpc) is 3.27. The normalized spacial score (nSPS) is 16.6. The summed E-state index contributed by atoms with van der Waals surface area (Å²) in [6.07, 6.45) is -0.389. The SMILES string of the molecule is CN(CCO)c1ccc(C2Nc3ccccc3C(=O)N2c2ccc3c(c2)OCO3)cc1. The first-order valence-corrected chi connectivity index (χ1v) is 10.2. The van der Waals surface area contributed by atoms with Crippen molar-refractivity contribution in [3.05, 3.63) is 77.9 Å². The smallest absolute Gasteiger partial charge is 0.262 e. The van der Waals surface area contributed by atoms with Gasteiger partial charge in [-0.3, -0.25) is 9.69 Å². The van der Waals surface area contributed by atoms with Crippen LogP contribution in [0.1, 0.15) is 22.1 Å². The number of nitrogens with one attached hydrogen (secondary N) is 1. The third kappa shape index (κ3) is 3.43. The molecule has 3 aromatic carbocycles. The van der Waals surface area contributed by atoms with Crippen molar-refractivity contribution in [3.63, 3.8) is 0 Å². The van der Waals surface area contributed by atoms with E-state index in [1.807, 2.05) is 78.7 Å². The zero-order valence-electron chi connectivity index (χ0n) is 17.1. The lowest BCUT2D eigenvalue weighted by Crippen LogP contribution is -2.43. The van der Waals surface area contributed by atoms with E-state index in [0.29, 0.717) is 23.6 Å². The number of hydrogen-bond acceptors (Lipinski definition) is 6. The van der Waals surface area contributed by atoms with Crippen LogP contribution in [-0.4, -0.2) is 38.0 Å². The number of aliphatic hydroxyl groups is 1. The molecule has 0 radical (unpaired) electrons. The van der Waals surface area contributed by atoms with Gasteiger partial charge in [0, 0.05) is 31.0 Å². The van der Waals surface area contributed by atoms with E-state index in [1.165, 1.54) is 0 Å². The standard InChI is InChI=1S/C24H23N3O4/c1-26(12-13-28)17-8-6-16(7-9-17)23-25-20-5-3-2-4-19(20)24(29)27(23)18-10-11-21-22(14-18)31-15-30-21/h2-11,14,23,25,28H,12-13,15H2,1H3. The molecule has 2 aliphatic heterocycles. The third-order valence-electron chi connectivity index (χ3n) is 5.65. The van der Waals surface area contributed by atoms with Crippen molar-refractivity contribution in [2.75, 3.05) is 42.1 Å². The van der Waals surface area contributed by atoms with Crippen LogP contribution in [0.2, 0.25) is 0 Å². The number of carbonyl (C=O) groups excluding carboxylic acids is 1. The Hall–Kier alpha value is -3.71. The first-order valence-electron chi connectivity index (χ1n) is 10.2. The summed E-state index contributed by atoms with van der Waals surface area (Å²) in [5.41, 5.74) is 4.09. The largest absolute Gasteiger partial charge is 0.454 e. The van der Waals surface area contributed by atoms with Gasteiger partial charge in [-0.25, -0.2) is 0 Å². The van der Waals surface area contributed by atoms with E-state index in [9.17, 15) is 9.90 Å². The van der Waals surface area contributed by atoms with E-state index in [4.69, 9.17) is 9.47 Å². The Bertz CT molecular complexity index is 1120. The molecule has 0 saturated heterocycles. The summed E-state index contributed by atoms with van der Waals surface area (Å²) in [6, 6.07) is 21.1. The summed E-state index contributed by atoms with van der Waals surface area (Å²) in [4.78, 5) is 17.3. The summed E-state index contributed by atoms with van der Waals surface area (Å²) in [6.45, 7) is 0.821. The molecule has 7 heteroatoms. The Morgan fingerprint density at radius 2 is 1.84 bits per heavy atom. The van der Waals surface area contributed by atoms with Crippen LogP contribution in [0.25, 0.3) is 0 Å². The molecule has 0 bridgehead atoms. The minimum atomic E-state index is -0.389. The summed E-state index contributed by atoms with van der Waals surface area (Å²) < 4.78 is 11.0. The second-order valence-corrected chi connectivity index (χ2v) is 7.54. The fraction of sp³-hybridized carbons (Fsp3) is 0.208. The average molecular weight is 417 g/mol. The second kappa shape index (κ2) is 7.85. The van der Waals surface area contributed by atoms with Gasteiger partial charge in [-0.05, 0) is 42.0 Å². The number of nitrogens with zero attached hydrogens (tertiary/aromatic N) is 2. The Balaban J connectivity index is 1.55. The summed E-state index contributed by atoms with van der Waals surface area (Å²) in [5.74, 6) is 1.22. The molecule has 2 N–H and O–H groups in total. The quantitative estimate of drug-likeness (QED) is 0.661. The predicted octanol–water partition coefficient (Wildman–Crippen LogP) is 3.61. The molecular weight excluding hydrogens is 394 g/mol. The van der Waals surface area contributed by atoms with Crippen LogP contribution in [0.3, 0.4) is 0 Å². The maximum atomic E-state index is 13.5. The molecule has 2 heterocycles. The number of carbonyl (C=O) groups is 1. The van der Waals surface area contributed by atoms with Gasteiger partial charge in [-0.2, -0.15) is 0 Å². The van der Waals surface area contributed by atoms with Crippen LogP contribution in [0, 0.1) is 0 Å². The molecule has 158 valence electrons. The van der Waals surface area contributed by atoms with Gasteiger partial charge < -0.3 is 24.8 Å². The van der Waals surface area contributed by atoms with Gasteiger partial charge in [-0.1, -0.05) is 24.3 Å². The minimum Gasteiger partial charge on any atom is -0.454 e. The zero-order valence-corrected chi connectivity index (χ0v) is 17.1. The molecular formula is C24H23N3O4. The fourth-order valence-electron chi connectivity index (χ4n) is 3.98. The van der Waals surface area contributed by atoms with Gasteiger partial charge in [0.2, 0.25) is 6.79 Å². The molecule has 5 rings (SSSR count). The van der Waals surface area contributed by atoms with Crippen molar-refractivity contribution in [2.24, 2.45) is 0 Å². The first-order chi connectivity index (χ1) is 15.2. The van der Waals surface area contributed by atoms with E-state index < -0.39 is 0 Å². The monoisotopic (exact) mass is 417 g/mol. The molecule has 0 aliphatic carbocycles. The van der Waals surface area contributed by atoms with Crippen molar-refractivity contribution in [1.82, 2.24) is 0 Å². The van der Waals surface area contributed by atoms with Crippen molar-refractivity contribution in [3.8, 4) is 11.5 Å². The lowest BCUT2D eigenvalue weighted by Gasteiger charge is -2.38. The molecule has 1 atom stereocenters. The molecule has 0 aromatic heterocycles. The maximum Gasteiger partial charge on any atom is 0.262 e. The number of anilines is 3. The van der Waals surface area contributed by atoms with Crippen LogP contribution < -0.4 is 24.6 Å². The Labute approximate surface area is 180 Å². The summed E-state index contributed by atoms with van der Waals surface area (Å²) in [7, 11) is 1.93. The minimum absolute atomic E-state index is 0.0836. The van der Waals surface area contributed by atoms with Crippen molar-refractivity contribution >= 4 is 23.0 Å². The van der Waals surface area contributed by atoms with Gasteiger partial charge >= 0.3 is 0 Å². The van der Waals surface area contributed by atoms with Gasteiger partial charge in [0.1, 0.15) is 6.17 Å². The molecule has 31 heavy (non-hydrogen) atoms. The number of rotatable bonds is 5. The highest BCUT2D eigenvalue weighted by atomic mass is 16.7. The Kier molecular flexibility index (Phi) is 4.88. The van der Waals surface area contributed by atoms with Crippen LogP contribution in [-0.2, 0) is 0 Å². The van der Waals surface area contributed by atoms with Gasteiger partial charge in [0.25, 0.3) is 5.91 Å². The molecule has 2 aliphatic rings. The number of hydrogen-bond donors (Lipinski definition) is 2. The highest BCUT2D eigenvalue weighted by Crippen LogP contribution is 2.41. The van der Waals surface area contributed by atoms with Crippen LogP contribution in [0.15, 0.2) is 66.7 Å². The van der Waals surface area contributed by atoms with E-state index in [2.05, 4.69) is 5.32 Å². The van der Waals surface area contributed by atoms with Gasteiger partial charge in [0.15, 0.2) is 11.5 Å². The van der Waals surface area contributed by atoms with Crippen LogP contribution in [0.4, 0.5) is 17.1 Å². The fourth-order valence-corrected chi connectivity index (χ4v) is 3.98. The zero-order chi connectivity index (χ0) is 21.4. The number of aliphatic hydroxyl groups excluding tert-OH is 1. The summed E-state index contributed by atoms with van der Waals surface area (Å²) in [5, 5.41) is 12.7. The lowest BCUT2D eigenvalue weighted by atomic mass is 10.0. The van der Waals surface area contributed by atoms with Gasteiger partial charge in [0.05, 0.1) is 17.9 Å². The van der Waals surface area contributed by atoms with E-state index in [0.717, 1.165) is 22.6 Å². The summed E-state index contributed by atoms with van der Waals surface area (Å²) >= 11 is 0. The number of likely N-dealkylation sites (N-methyl/N-ethyl adjacent to an activating group) is 1. The molecule has 0 saturated carbocycles. The van der Waals surface area contributed by atoms with E-state index in [1.54, 1.807) is 4.90 Å². The molecule has 1 amide bonds. The highest BCUT2D eigenvalue weighted by molar-refractivity contribution is 6.12. The molecule has 0 fully saturated rings. The molecule has 0 spiro atoms. The number of para-hydroxylation sites is 1. The Morgan fingerprint density at radius 1 is 1.06 bits per heavy atom. The van der Waals surface area contributed by atoms with Crippen molar-refractivity contribution in [1.29, 1.82) is 0 Å². The van der Waals surface area contributed by atoms with Crippen molar-refractivity contribution in [2.45, 2.75) is 6.17 Å². The first kappa shape index (κ1) is 19.3. The maximum absolute atomic E-state index is 13.5. The highest BCUT2D eigenvalue weighted by Gasteiger charge is 2.34. The number of ether oxygens (including phenoxy) is 2. The van der Waals surface area contributed by atoms with E-state index in [-0.39, 0.29) is 25.5 Å². The van der Waals surface area contributed by atoms with Crippen LogP contribution >= 0.6 is 0 Å². The topological polar surface area (TPSA) is 74.3 Å². The van der Waals surface area contributed by atoms with Gasteiger partial charge in [-0.15, -0.1) is 0 Å². The van der Waals surface area contributed by atoms with Crippen LogP contribution in [0.5, 0.6) is 11.5 Å².